The zero-order valence-corrected chi connectivity index (χ0v) is 6.55. The van der Waals surface area contributed by atoms with Gasteiger partial charge in [0.05, 0.1) is 11.5 Å². The lowest BCUT2D eigenvalue weighted by Gasteiger charge is -2.12. The van der Waals surface area contributed by atoms with Crippen molar-refractivity contribution in [2.75, 3.05) is 0 Å². The van der Waals surface area contributed by atoms with Crippen LogP contribution in [0.2, 0.25) is 0 Å². The van der Waals surface area contributed by atoms with Crippen molar-refractivity contribution in [2.24, 2.45) is 10.7 Å². The molecule has 0 fully saturated rings. The summed E-state index contributed by atoms with van der Waals surface area (Å²) in [4.78, 5) is 4.06. The lowest BCUT2D eigenvalue weighted by atomic mass is 10.0. The molecule has 62 valence electrons. The van der Waals surface area contributed by atoms with Crippen molar-refractivity contribution in [2.45, 2.75) is 12.8 Å². The van der Waals surface area contributed by atoms with Crippen LogP contribution in [0.5, 0.6) is 0 Å². The summed E-state index contributed by atoms with van der Waals surface area (Å²) in [5.74, 6) is 0.414. The molecule has 0 aliphatic carbocycles. The van der Waals surface area contributed by atoms with Gasteiger partial charge >= 0.3 is 0 Å². The summed E-state index contributed by atoms with van der Waals surface area (Å²) in [7, 11) is 0. The first-order valence-corrected chi connectivity index (χ1v) is 3.88. The highest BCUT2D eigenvalue weighted by Crippen LogP contribution is 2.26. The molecule has 2 N–H and O–H groups in total. The van der Waals surface area contributed by atoms with E-state index in [0.717, 1.165) is 0 Å². The van der Waals surface area contributed by atoms with E-state index in [1.807, 2.05) is 0 Å². The number of rotatable bonds is 0. The van der Waals surface area contributed by atoms with Gasteiger partial charge in [-0.2, -0.15) is 0 Å². The maximum Gasteiger partial charge on any atom is 0.128 e. The van der Waals surface area contributed by atoms with E-state index >= 15 is 0 Å². The maximum atomic E-state index is 13.1. The monoisotopic (exact) mass is 164 g/mol. The molecular formula is C9H9FN2. The number of nitrogens with zero attached hydrogens (tertiary/aromatic N) is 1. The van der Waals surface area contributed by atoms with Crippen LogP contribution >= 0.6 is 0 Å². The molecule has 2 nitrogen and oxygen atoms in total. The normalized spacial score (nSPS) is 15.2. The summed E-state index contributed by atoms with van der Waals surface area (Å²) < 4.78 is 13.1. The van der Waals surface area contributed by atoms with Crippen molar-refractivity contribution in [1.29, 1.82) is 0 Å². The molecule has 3 heteroatoms. The first-order valence-electron chi connectivity index (χ1n) is 3.88. The van der Waals surface area contributed by atoms with Gasteiger partial charge in [-0.3, -0.25) is 0 Å². The molecule has 0 radical (unpaired) electrons. The van der Waals surface area contributed by atoms with Gasteiger partial charge in [0, 0.05) is 12.0 Å². The minimum atomic E-state index is -0.177. The van der Waals surface area contributed by atoms with Crippen LogP contribution in [-0.4, -0.2) is 5.84 Å². The Labute approximate surface area is 69.9 Å². The number of aliphatic imine (C=N–C) groups is 1. The molecule has 1 aromatic carbocycles. The van der Waals surface area contributed by atoms with E-state index in [9.17, 15) is 4.39 Å². The Kier molecular flexibility index (Phi) is 1.57. The molecule has 0 bridgehead atoms. The number of nitrogens with two attached hydrogens (primary N) is 1. The number of halogens is 1. The van der Waals surface area contributed by atoms with Gasteiger partial charge in [-0.15, -0.1) is 0 Å². The average Bonchev–Trinajstić information content (AvgIpc) is 2.04. The fraction of sp³-hybridized carbons (Fsp3) is 0.222. The fourth-order valence-electron chi connectivity index (χ4n) is 1.36. The molecule has 2 rings (SSSR count). The molecule has 1 aliphatic rings. The van der Waals surface area contributed by atoms with Gasteiger partial charge in [-0.05, 0) is 18.6 Å². The van der Waals surface area contributed by atoms with Gasteiger partial charge in [0.25, 0.3) is 0 Å². The van der Waals surface area contributed by atoms with Gasteiger partial charge in [0.2, 0.25) is 0 Å². The predicted octanol–water partition coefficient (Wildman–Crippen LogP) is 1.76. The third-order valence-electron chi connectivity index (χ3n) is 1.99. The largest absolute Gasteiger partial charge is 0.387 e. The van der Waals surface area contributed by atoms with Crippen LogP contribution in [-0.2, 0) is 6.42 Å². The summed E-state index contributed by atoms with van der Waals surface area (Å²) in [5.41, 5.74) is 6.89. The first kappa shape index (κ1) is 7.28. The molecule has 0 aromatic heterocycles. The van der Waals surface area contributed by atoms with Crippen molar-refractivity contribution in [1.82, 2.24) is 0 Å². The molecule has 0 atom stereocenters. The average molecular weight is 164 g/mol. The molecule has 1 heterocycles. The molecule has 0 amide bonds. The molecule has 0 unspecified atom stereocenters. The van der Waals surface area contributed by atoms with E-state index in [1.54, 1.807) is 12.1 Å². The second kappa shape index (κ2) is 2.59. The lowest BCUT2D eigenvalue weighted by molar-refractivity contribution is 0.609. The predicted molar refractivity (Wildman–Crippen MR) is 46.0 cm³/mol. The Morgan fingerprint density at radius 2 is 2.17 bits per heavy atom. The molecule has 1 aromatic rings. The van der Waals surface area contributed by atoms with Crippen LogP contribution in [0.1, 0.15) is 12.0 Å². The van der Waals surface area contributed by atoms with Gasteiger partial charge < -0.3 is 5.73 Å². The summed E-state index contributed by atoms with van der Waals surface area (Å²) in [5, 5.41) is 0. The molecule has 1 aliphatic heterocycles. The Morgan fingerprint density at radius 3 is 3.00 bits per heavy atom. The fourth-order valence-corrected chi connectivity index (χ4v) is 1.36. The Balaban J connectivity index is 2.57. The number of hydrogen-bond donors (Lipinski definition) is 1. The van der Waals surface area contributed by atoms with Crippen LogP contribution in [0.25, 0.3) is 0 Å². The second-order valence-corrected chi connectivity index (χ2v) is 2.84. The lowest BCUT2D eigenvalue weighted by Crippen LogP contribution is -2.16. The number of fused-ring (bicyclic) bond motifs is 1. The summed E-state index contributed by atoms with van der Waals surface area (Å²) in [6, 6.07) is 4.89. The van der Waals surface area contributed by atoms with Crippen molar-refractivity contribution in [3.05, 3.63) is 29.6 Å². The van der Waals surface area contributed by atoms with Crippen LogP contribution in [0.15, 0.2) is 23.2 Å². The summed E-state index contributed by atoms with van der Waals surface area (Å²) in [6.07, 6.45) is 1.32. The van der Waals surface area contributed by atoms with E-state index < -0.39 is 0 Å². The minimum absolute atomic E-state index is 0.177. The zero-order valence-electron chi connectivity index (χ0n) is 6.55. The zero-order chi connectivity index (χ0) is 8.55. The molecule has 0 saturated carbocycles. The third-order valence-corrected chi connectivity index (χ3v) is 1.99. The van der Waals surface area contributed by atoms with Crippen LogP contribution in [0.3, 0.4) is 0 Å². The number of amidine groups is 1. The number of benzene rings is 1. The smallest absolute Gasteiger partial charge is 0.128 e. The Morgan fingerprint density at radius 1 is 1.33 bits per heavy atom. The van der Waals surface area contributed by atoms with Crippen molar-refractivity contribution in [3.8, 4) is 0 Å². The maximum absolute atomic E-state index is 13.1. The van der Waals surface area contributed by atoms with Crippen LogP contribution in [0, 0.1) is 5.82 Å². The second-order valence-electron chi connectivity index (χ2n) is 2.84. The molecular weight excluding hydrogens is 155 g/mol. The van der Waals surface area contributed by atoms with E-state index in [0.29, 0.717) is 29.9 Å². The summed E-state index contributed by atoms with van der Waals surface area (Å²) >= 11 is 0. The Bertz CT molecular complexity index is 344. The van der Waals surface area contributed by atoms with Gasteiger partial charge in [0.1, 0.15) is 5.82 Å². The van der Waals surface area contributed by atoms with Gasteiger partial charge in [0.15, 0.2) is 0 Å². The Hall–Kier alpha value is -1.38. The quantitative estimate of drug-likeness (QED) is 0.623. The highest BCUT2D eigenvalue weighted by molar-refractivity contribution is 5.85. The third kappa shape index (κ3) is 1.07. The molecule has 0 saturated heterocycles. The van der Waals surface area contributed by atoms with Gasteiger partial charge in [-0.25, -0.2) is 9.38 Å². The van der Waals surface area contributed by atoms with Crippen molar-refractivity contribution < 1.29 is 4.39 Å². The van der Waals surface area contributed by atoms with Crippen LogP contribution in [0.4, 0.5) is 10.1 Å². The van der Waals surface area contributed by atoms with E-state index in [-0.39, 0.29) is 5.82 Å². The molecule has 0 spiro atoms. The molecule has 12 heavy (non-hydrogen) atoms. The van der Waals surface area contributed by atoms with Crippen molar-refractivity contribution in [3.63, 3.8) is 0 Å². The van der Waals surface area contributed by atoms with Crippen LogP contribution < -0.4 is 5.73 Å². The van der Waals surface area contributed by atoms with Gasteiger partial charge in [-0.1, -0.05) is 6.07 Å². The SMILES string of the molecule is NC1=Nc2cccc(F)c2CC1. The standard InChI is InChI=1S/C9H9FN2/c10-7-2-1-3-8-6(7)4-5-9(11)12-8/h1-3H,4-5H2,(H2,11,12). The minimum Gasteiger partial charge on any atom is -0.387 e. The van der Waals surface area contributed by atoms with E-state index in [4.69, 9.17) is 5.73 Å². The number of hydrogen-bond acceptors (Lipinski definition) is 2. The highest BCUT2D eigenvalue weighted by atomic mass is 19.1. The van der Waals surface area contributed by atoms with Crippen molar-refractivity contribution >= 4 is 11.5 Å². The topological polar surface area (TPSA) is 38.4 Å². The first-order chi connectivity index (χ1) is 5.77. The van der Waals surface area contributed by atoms with E-state index in [2.05, 4.69) is 4.99 Å². The highest BCUT2D eigenvalue weighted by Gasteiger charge is 2.12. The van der Waals surface area contributed by atoms with E-state index in [1.165, 1.54) is 6.07 Å². The summed E-state index contributed by atoms with van der Waals surface area (Å²) in [6.45, 7) is 0.